The lowest BCUT2D eigenvalue weighted by molar-refractivity contribution is 0.386. The number of fused-ring (bicyclic) bond motifs is 1. The largest absolute Gasteiger partial charge is 0.494 e. The molecular weight excluding hydrogens is 311 g/mol. The smallest absolute Gasteiger partial charge is 0.165 e. The van der Waals surface area contributed by atoms with Crippen LogP contribution in [0.1, 0.15) is 0 Å². The fourth-order valence-corrected chi connectivity index (χ4v) is 2.28. The highest BCUT2D eigenvalue weighted by Gasteiger charge is 2.08. The Morgan fingerprint density at radius 2 is 2.05 bits per heavy atom. The van der Waals surface area contributed by atoms with E-state index < -0.39 is 5.82 Å². The molecule has 0 N–H and O–H groups in total. The van der Waals surface area contributed by atoms with Crippen molar-refractivity contribution >= 4 is 21.6 Å². The number of nitrogens with zero attached hydrogens (tertiary/aromatic N) is 2. The van der Waals surface area contributed by atoms with Crippen molar-refractivity contribution in [1.82, 2.24) is 9.38 Å². The third-order valence-corrected chi connectivity index (χ3v) is 3.33. The molecule has 0 aliphatic rings. The Labute approximate surface area is 117 Å². The highest BCUT2D eigenvalue weighted by Crippen LogP contribution is 2.25. The molecule has 0 aliphatic carbocycles. The molecule has 1 aromatic carbocycles. The van der Waals surface area contributed by atoms with Gasteiger partial charge >= 0.3 is 0 Å². The summed E-state index contributed by atoms with van der Waals surface area (Å²) in [5, 5.41) is 0. The Hall–Kier alpha value is -1.88. The van der Waals surface area contributed by atoms with Crippen LogP contribution in [0.4, 0.5) is 4.39 Å². The first kappa shape index (κ1) is 12.2. The van der Waals surface area contributed by atoms with Gasteiger partial charge in [-0.1, -0.05) is 0 Å². The van der Waals surface area contributed by atoms with Crippen molar-refractivity contribution in [3.63, 3.8) is 0 Å². The molecule has 0 spiro atoms. The summed E-state index contributed by atoms with van der Waals surface area (Å²) >= 11 is 3.40. The molecule has 5 heteroatoms. The zero-order valence-corrected chi connectivity index (χ0v) is 11.7. The molecule has 0 saturated carbocycles. The molecule has 2 aromatic heterocycles. The van der Waals surface area contributed by atoms with Crippen molar-refractivity contribution < 1.29 is 9.13 Å². The zero-order chi connectivity index (χ0) is 13.4. The first-order chi connectivity index (χ1) is 9.17. The van der Waals surface area contributed by atoms with Gasteiger partial charge in [0.25, 0.3) is 0 Å². The van der Waals surface area contributed by atoms with Crippen LogP contribution in [0.5, 0.6) is 5.75 Å². The highest BCUT2D eigenvalue weighted by atomic mass is 79.9. The van der Waals surface area contributed by atoms with E-state index in [4.69, 9.17) is 4.74 Å². The van der Waals surface area contributed by atoms with Gasteiger partial charge in [0.2, 0.25) is 0 Å². The van der Waals surface area contributed by atoms with Crippen LogP contribution in [0.2, 0.25) is 0 Å². The number of hydrogen-bond donors (Lipinski definition) is 0. The van der Waals surface area contributed by atoms with E-state index in [9.17, 15) is 4.39 Å². The SMILES string of the molecule is COc1ccc(-c2cn3cc(Br)ccc3n2)cc1F. The molecule has 96 valence electrons. The third-order valence-electron chi connectivity index (χ3n) is 2.86. The zero-order valence-electron chi connectivity index (χ0n) is 10.1. The molecule has 0 atom stereocenters. The highest BCUT2D eigenvalue weighted by molar-refractivity contribution is 9.10. The topological polar surface area (TPSA) is 26.5 Å². The summed E-state index contributed by atoms with van der Waals surface area (Å²) in [6, 6.07) is 8.63. The Morgan fingerprint density at radius 3 is 2.79 bits per heavy atom. The van der Waals surface area contributed by atoms with Gasteiger partial charge in [-0.25, -0.2) is 9.37 Å². The monoisotopic (exact) mass is 320 g/mol. The molecule has 3 aromatic rings. The molecule has 0 aliphatic heterocycles. The van der Waals surface area contributed by atoms with Gasteiger partial charge in [0.1, 0.15) is 5.65 Å². The summed E-state index contributed by atoms with van der Waals surface area (Å²) in [6.45, 7) is 0. The lowest BCUT2D eigenvalue weighted by Gasteiger charge is -2.02. The number of halogens is 2. The molecule has 0 radical (unpaired) electrons. The molecule has 3 nitrogen and oxygen atoms in total. The van der Waals surface area contributed by atoms with E-state index in [-0.39, 0.29) is 5.75 Å². The van der Waals surface area contributed by atoms with Gasteiger partial charge in [0, 0.05) is 22.4 Å². The van der Waals surface area contributed by atoms with Crippen molar-refractivity contribution in [3.05, 3.63) is 53.0 Å². The fraction of sp³-hybridized carbons (Fsp3) is 0.0714. The van der Waals surface area contributed by atoms with Crippen molar-refractivity contribution in [1.29, 1.82) is 0 Å². The third kappa shape index (κ3) is 2.21. The number of hydrogen-bond acceptors (Lipinski definition) is 2. The average Bonchev–Trinajstić information content (AvgIpc) is 2.81. The number of pyridine rings is 1. The van der Waals surface area contributed by atoms with Crippen LogP contribution in [0.25, 0.3) is 16.9 Å². The average molecular weight is 321 g/mol. The van der Waals surface area contributed by atoms with Crippen molar-refractivity contribution in [2.75, 3.05) is 7.11 Å². The normalized spacial score (nSPS) is 10.9. The number of imidazole rings is 1. The second-order valence-electron chi connectivity index (χ2n) is 4.09. The number of ether oxygens (including phenoxy) is 1. The Kier molecular flexibility index (Phi) is 2.98. The lowest BCUT2D eigenvalue weighted by Crippen LogP contribution is -1.88. The summed E-state index contributed by atoms with van der Waals surface area (Å²) in [4.78, 5) is 4.46. The van der Waals surface area contributed by atoms with Crippen LogP contribution >= 0.6 is 15.9 Å². The van der Waals surface area contributed by atoms with Crippen LogP contribution in [-0.2, 0) is 0 Å². The molecule has 0 saturated heterocycles. The fourth-order valence-electron chi connectivity index (χ4n) is 1.93. The van der Waals surface area contributed by atoms with E-state index in [0.717, 1.165) is 21.4 Å². The first-order valence-electron chi connectivity index (χ1n) is 5.65. The van der Waals surface area contributed by atoms with E-state index in [0.29, 0.717) is 0 Å². The second-order valence-corrected chi connectivity index (χ2v) is 5.00. The number of methoxy groups -OCH3 is 1. The Bertz CT molecular complexity index is 754. The maximum Gasteiger partial charge on any atom is 0.165 e. The Balaban J connectivity index is 2.11. The maximum atomic E-state index is 13.7. The van der Waals surface area contributed by atoms with Crippen molar-refractivity contribution in [3.8, 4) is 17.0 Å². The quantitative estimate of drug-likeness (QED) is 0.715. The predicted molar refractivity (Wildman–Crippen MR) is 74.8 cm³/mol. The minimum absolute atomic E-state index is 0.232. The molecule has 0 unspecified atom stereocenters. The van der Waals surface area contributed by atoms with E-state index in [2.05, 4.69) is 20.9 Å². The summed E-state index contributed by atoms with van der Waals surface area (Å²) in [5.74, 6) is -0.159. The number of benzene rings is 1. The lowest BCUT2D eigenvalue weighted by atomic mass is 10.1. The molecular formula is C14H10BrFN2O. The molecule has 3 rings (SSSR count). The van der Waals surface area contributed by atoms with Crippen LogP contribution in [0.15, 0.2) is 47.2 Å². The predicted octanol–water partition coefficient (Wildman–Crippen LogP) is 3.91. The summed E-state index contributed by atoms with van der Waals surface area (Å²) in [6.07, 6.45) is 3.77. The van der Waals surface area contributed by atoms with Crippen LogP contribution in [-0.4, -0.2) is 16.5 Å². The van der Waals surface area contributed by atoms with Crippen LogP contribution in [0.3, 0.4) is 0 Å². The number of aromatic nitrogens is 2. The molecule has 19 heavy (non-hydrogen) atoms. The Morgan fingerprint density at radius 1 is 1.21 bits per heavy atom. The summed E-state index contributed by atoms with van der Waals surface area (Å²) in [5.41, 5.74) is 2.26. The van der Waals surface area contributed by atoms with Crippen LogP contribution < -0.4 is 4.74 Å². The van der Waals surface area contributed by atoms with E-state index in [1.165, 1.54) is 13.2 Å². The summed E-state index contributed by atoms with van der Waals surface area (Å²) in [7, 11) is 1.44. The van der Waals surface area contributed by atoms with Crippen LogP contribution in [0, 0.1) is 5.82 Å². The second kappa shape index (κ2) is 4.66. The molecule has 2 heterocycles. The number of rotatable bonds is 2. The first-order valence-corrected chi connectivity index (χ1v) is 6.45. The van der Waals surface area contributed by atoms with Gasteiger partial charge in [0.15, 0.2) is 11.6 Å². The van der Waals surface area contributed by atoms with Gasteiger partial charge in [-0.05, 0) is 46.3 Å². The van der Waals surface area contributed by atoms with Gasteiger partial charge in [-0.3, -0.25) is 0 Å². The minimum Gasteiger partial charge on any atom is -0.494 e. The van der Waals surface area contributed by atoms with Gasteiger partial charge in [-0.15, -0.1) is 0 Å². The molecule has 0 amide bonds. The molecule has 0 fully saturated rings. The van der Waals surface area contributed by atoms with Gasteiger partial charge in [-0.2, -0.15) is 0 Å². The van der Waals surface area contributed by atoms with E-state index >= 15 is 0 Å². The standard InChI is InChI=1S/C14H10BrFN2O/c1-19-13-4-2-9(6-11(13)16)12-8-18-7-10(15)3-5-14(18)17-12/h2-8H,1H3. The molecule has 0 bridgehead atoms. The van der Waals surface area contributed by atoms with Gasteiger partial charge < -0.3 is 9.14 Å². The minimum atomic E-state index is -0.391. The van der Waals surface area contributed by atoms with Crippen molar-refractivity contribution in [2.45, 2.75) is 0 Å². The van der Waals surface area contributed by atoms with E-state index in [1.54, 1.807) is 12.1 Å². The maximum absolute atomic E-state index is 13.7. The van der Waals surface area contributed by atoms with Gasteiger partial charge in [0.05, 0.1) is 12.8 Å². The van der Waals surface area contributed by atoms with Crippen molar-refractivity contribution in [2.24, 2.45) is 0 Å². The summed E-state index contributed by atoms with van der Waals surface area (Å²) < 4.78 is 21.4. The van der Waals surface area contributed by atoms with E-state index in [1.807, 2.05) is 28.9 Å².